The molecular weight excluding hydrogens is 265 g/mol. The van der Waals surface area contributed by atoms with Gasteiger partial charge in [0.15, 0.2) is 0 Å². The molecule has 1 amide bonds. The van der Waals surface area contributed by atoms with E-state index in [1.807, 2.05) is 0 Å². The van der Waals surface area contributed by atoms with Gasteiger partial charge in [0.1, 0.15) is 5.82 Å². The molecule has 0 bridgehead atoms. The van der Waals surface area contributed by atoms with Crippen LogP contribution in [0.15, 0.2) is 22.7 Å². The zero-order valence-electron chi connectivity index (χ0n) is 7.76. The molecule has 0 unspecified atom stereocenters. The van der Waals surface area contributed by atoms with Crippen molar-refractivity contribution < 1.29 is 14.3 Å². The fourth-order valence-electron chi connectivity index (χ4n) is 1.61. The van der Waals surface area contributed by atoms with Crippen molar-refractivity contribution in [2.24, 2.45) is 0 Å². The smallest absolute Gasteiger partial charge is 0.405 e. The molecule has 3 nitrogen and oxygen atoms in total. The van der Waals surface area contributed by atoms with Gasteiger partial charge in [-0.3, -0.25) is 0 Å². The maximum absolute atomic E-state index is 13.3. The lowest BCUT2D eigenvalue weighted by Crippen LogP contribution is -2.33. The summed E-state index contributed by atoms with van der Waals surface area (Å²) in [6.07, 6.45) is 0.372. The summed E-state index contributed by atoms with van der Waals surface area (Å²) in [5, 5.41) is 11.1. The van der Waals surface area contributed by atoms with E-state index in [2.05, 4.69) is 21.2 Å². The van der Waals surface area contributed by atoms with Crippen LogP contribution in [0.5, 0.6) is 0 Å². The van der Waals surface area contributed by atoms with Crippen molar-refractivity contribution in [2.75, 3.05) is 0 Å². The van der Waals surface area contributed by atoms with Crippen molar-refractivity contribution in [3.05, 3.63) is 34.1 Å². The summed E-state index contributed by atoms with van der Waals surface area (Å²) >= 11 is 3.06. The molecule has 0 heterocycles. The molecular formula is C10H9BrFNO2. The van der Waals surface area contributed by atoms with Gasteiger partial charge >= 0.3 is 6.09 Å². The van der Waals surface area contributed by atoms with Gasteiger partial charge < -0.3 is 10.4 Å². The minimum Gasteiger partial charge on any atom is -0.465 e. The van der Waals surface area contributed by atoms with E-state index in [0.29, 0.717) is 10.0 Å². The minimum absolute atomic E-state index is 0.369. The Morgan fingerprint density at radius 2 is 2.20 bits per heavy atom. The molecule has 2 rings (SSSR count). The maximum atomic E-state index is 13.3. The average molecular weight is 274 g/mol. The number of carbonyl (C=O) groups is 1. The third kappa shape index (κ3) is 1.97. The topological polar surface area (TPSA) is 49.3 Å². The van der Waals surface area contributed by atoms with Crippen LogP contribution in [0.1, 0.15) is 18.4 Å². The first-order valence-corrected chi connectivity index (χ1v) is 5.29. The highest BCUT2D eigenvalue weighted by Gasteiger charge is 2.46. The van der Waals surface area contributed by atoms with E-state index in [1.54, 1.807) is 12.1 Å². The van der Waals surface area contributed by atoms with E-state index in [4.69, 9.17) is 5.11 Å². The van der Waals surface area contributed by atoms with Crippen LogP contribution in [0.4, 0.5) is 9.18 Å². The monoisotopic (exact) mass is 273 g/mol. The number of nitrogens with one attached hydrogen (secondary N) is 1. The highest BCUT2D eigenvalue weighted by molar-refractivity contribution is 9.10. The lowest BCUT2D eigenvalue weighted by atomic mass is 10.1. The maximum Gasteiger partial charge on any atom is 0.405 e. The Morgan fingerprint density at radius 1 is 1.53 bits per heavy atom. The number of hydrogen-bond acceptors (Lipinski definition) is 1. The quantitative estimate of drug-likeness (QED) is 0.871. The van der Waals surface area contributed by atoms with Crippen LogP contribution in [-0.2, 0) is 5.54 Å². The lowest BCUT2D eigenvalue weighted by molar-refractivity contribution is 0.188. The van der Waals surface area contributed by atoms with Crippen molar-refractivity contribution in [2.45, 2.75) is 18.4 Å². The van der Waals surface area contributed by atoms with Crippen molar-refractivity contribution in [1.82, 2.24) is 5.32 Å². The van der Waals surface area contributed by atoms with E-state index in [0.717, 1.165) is 12.8 Å². The summed E-state index contributed by atoms with van der Waals surface area (Å²) in [7, 11) is 0. The Kier molecular flexibility index (Phi) is 2.42. The van der Waals surface area contributed by atoms with Crippen LogP contribution in [0, 0.1) is 5.82 Å². The fourth-order valence-corrected chi connectivity index (χ4v) is 1.86. The van der Waals surface area contributed by atoms with Crippen LogP contribution in [0.3, 0.4) is 0 Å². The first kappa shape index (κ1) is 10.4. The van der Waals surface area contributed by atoms with E-state index in [1.165, 1.54) is 6.07 Å². The second-order valence-corrected chi connectivity index (χ2v) is 4.50. The fraction of sp³-hybridized carbons (Fsp3) is 0.300. The van der Waals surface area contributed by atoms with E-state index in [9.17, 15) is 9.18 Å². The zero-order chi connectivity index (χ0) is 11.1. The number of hydrogen-bond donors (Lipinski definition) is 2. The molecule has 1 aromatic rings. The van der Waals surface area contributed by atoms with Crippen LogP contribution in [-0.4, -0.2) is 11.2 Å². The Bertz CT molecular complexity index is 418. The van der Waals surface area contributed by atoms with Gasteiger partial charge in [-0.25, -0.2) is 9.18 Å². The van der Waals surface area contributed by atoms with Gasteiger partial charge in [0.25, 0.3) is 0 Å². The number of rotatable bonds is 2. The largest absolute Gasteiger partial charge is 0.465 e. The molecule has 0 spiro atoms. The van der Waals surface area contributed by atoms with Gasteiger partial charge in [-0.2, -0.15) is 0 Å². The van der Waals surface area contributed by atoms with E-state index < -0.39 is 11.6 Å². The first-order valence-electron chi connectivity index (χ1n) is 4.50. The molecule has 1 aromatic carbocycles. The van der Waals surface area contributed by atoms with E-state index >= 15 is 0 Å². The van der Waals surface area contributed by atoms with Crippen molar-refractivity contribution in [3.63, 3.8) is 0 Å². The van der Waals surface area contributed by atoms with Crippen molar-refractivity contribution >= 4 is 22.0 Å². The number of amides is 1. The van der Waals surface area contributed by atoms with E-state index in [-0.39, 0.29) is 5.82 Å². The molecule has 0 aliphatic heterocycles. The molecule has 0 saturated heterocycles. The van der Waals surface area contributed by atoms with Crippen LogP contribution < -0.4 is 5.32 Å². The average Bonchev–Trinajstić information content (AvgIpc) is 2.89. The second-order valence-electron chi connectivity index (χ2n) is 3.64. The lowest BCUT2D eigenvalue weighted by Gasteiger charge is -2.15. The Hall–Kier alpha value is -1.10. The molecule has 2 N–H and O–H groups in total. The standard InChI is InChI=1S/C10H9BrFNO2/c11-7-2-1-6(5-8(7)12)10(3-4-10)13-9(14)15/h1-2,5,13H,3-4H2,(H,14,15). The number of halogens is 2. The zero-order valence-corrected chi connectivity index (χ0v) is 9.34. The van der Waals surface area contributed by atoms with Crippen molar-refractivity contribution in [3.8, 4) is 0 Å². The number of benzene rings is 1. The molecule has 1 aliphatic carbocycles. The first-order chi connectivity index (χ1) is 7.03. The van der Waals surface area contributed by atoms with Gasteiger partial charge in [0, 0.05) is 0 Å². The highest BCUT2D eigenvalue weighted by Crippen LogP contribution is 2.45. The van der Waals surface area contributed by atoms with Gasteiger partial charge in [0.05, 0.1) is 10.0 Å². The number of carboxylic acid groups (broad SMARTS) is 1. The van der Waals surface area contributed by atoms with Crippen molar-refractivity contribution in [1.29, 1.82) is 0 Å². The second kappa shape index (κ2) is 3.48. The highest BCUT2D eigenvalue weighted by atomic mass is 79.9. The van der Waals surface area contributed by atoms with Crippen LogP contribution in [0.2, 0.25) is 0 Å². The Morgan fingerprint density at radius 3 is 2.67 bits per heavy atom. The molecule has 80 valence electrons. The molecule has 0 atom stereocenters. The van der Waals surface area contributed by atoms with Crippen LogP contribution >= 0.6 is 15.9 Å². The predicted molar refractivity (Wildman–Crippen MR) is 56.2 cm³/mol. The molecule has 0 aromatic heterocycles. The summed E-state index contributed by atoms with van der Waals surface area (Å²) in [5.74, 6) is -0.369. The summed E-state index contributed by atoms with van der Waals surface area (Å²) in [6.45, 7) is 0. The normalized spacial score (nSPS) is 17.2. The third-order valence-corrected chi connectivity index (χ3v) is 3.21. The summed E-state index contributed by atoms with van der Waals surface area (Å²) in [4.78, 5) is 10.6. The summed E-state index contributed by atoms with van der Waals surface area (Å²) < 4.78 is 13.6. The molecule has 1 saturated carbocycles. The predicted octanol–water partition coefficient (Wildman–Crippen LogP) is 2.84. The molecule has 5 heteroatoms. The Balaban J connectivity index is 2.29. The SMILES string of the molecule is O=C(O)NC1(c2ccc(Br)c(F)c2)CC1. The van der Waals surface area contributed by atoms with Gasteiger partial charge in [0.2, 0.25) is 0 Å². The molecule has 0 radical (unpaired) electrons. The molecule has 1 fully saturated rings. The minimum atomic E-state index is -1.07. The van der Waals surface area contributed by atoms with Gasteiger partial charge in [-0.1, -0.05) is 6.07 Å². The summed E-state index contributed by atoms with van der Waals surface area (Å²) in [6, 6.07) is 4.69. The van der Waals surface area contributed by atoms with Gasteiger partial charge in [-0.15, -0.1) is 0 Å². The van der Waals surface area contributed by atoms with Crippen LogP contribution in [0.25, 0.3) is 0 Å². The summed E-state index contributed by atoms with van der Waals surface area (Å²) in [5.41, 5.74) is 0.124. The van der Waals surface area contributed by atoms with Gasteiger partial charge in [-0.05, 0) is 46.5 Å². The Labute approximate surface area is 94.4 Å². The third-order valence-electron chi connectivity index (χ3n) is 2.57. The molecule has 1 aliphatic rings. The molecule has 15 heavy (non-hydrogen) atoms.